The Morgan fingerprint density at radius 3 is 2.47 bits per heavy atom. The number of alkyl halides is 3. The molecule has 1 heterocycles. The first kappa shape index (κ1) is 11.4. The van der Waals surface area contributed by atoms with Gasteiger partial charge in [0.15, 0.2) is 5.82 Å². The summed E-state index contributed by atoms with van der Waals surface area (Å²) in [6.07, 6.45) is -4.46. The van der Waals surface area contributed by atoms with E-state index in [0.29, 0.717) is 5.82 Å². The van der Waals surface area contributed by atoms with Gasteiger partial charge in [0.1, 0.15) is 0 Å². The molecular weight excluding hydrogens is 235 g/mol. The Balaban J connectivity index is 2.52. The number of rotatable bonds is 1. The van der Waals surface area contributed by atoms with Crippen molar-refractivity contribution in [2.75, 3.05) is 5.73 Å². The van der Waals surface area contributed by atoms with E-state index in [1.165, 1.54) is 6.07 Å². The fourth-order valence-corrected chi connectivity index (χ4v) is 1.35. The van der Waals surface area contributed by atoms with Crippen LogP contribution in [0.1, 0.15) is 11.4 Å². The van der Waals surface area contributed by atoms with E-state index in [9.17, 15) is 13.2 Å². The third kappa shape index (κ3) is 2.38. The van der Waals surface area contributed by atoms with Gasteiger partial charge in [-0.25, -0.2) is 0 Å². The molecule has 0 aliphatic carbocycles. The zero-order valence-corrected chi connectivity index (χ0v) is 8.75. The summed E-state index contributed by atoms with van der Waals surface area (Å²) in [7, 11) is 0. The highest BCUT2D eigenvalue weighted by Gasteiger charge is 2.31. The molecule has 0 saturated heterocycles. The summed E-state index contributed by atoms with van der Waals surface area (Å²) < 4.78 is 42.4. The second-order valence-corrected chi connectivity index (χ2v) is 3.49. The molecule has 0 atom stereocenters. The minimum absolute atomic E-state index is 0.00863. The Morgan fingerprint density at radius 2 is 1.94 bits per heavy atom. The summed E-state index contributed by atoms with van der Waals surface area (Å²) in [5.41, 5.74) is 4.71. The Bertz CT molecular complexity index is 548. The number of anilines is 1. The van der Waals surface area contributed by atoms with Crippen LogP contribution in [0.5, 0.6) is 0 Å². The molecule has 0 radical (unpaired) electrons. The van der Waals surface area contributed by atoms with Gasteiger partial charge in [0.2, 0.25) is 0 Å². The van der Waals surface area contributed by atoms with Crippen LogP contribution in [0.3, 0.4) is 0 Å². The summed E-state index contributed by atoms with van der Waals surface area (Å²) in [6, 6.07) is 3.12. The molecule has 2 rings (SSSR count). The molecule has 1 aromatic carbocycles. The average Bonchev–Trinajstić information content (AvgIpc) is 2.62. The van der Waals surface area contributed by atoms with E-state index in [-0.39, 0.29) is 17.1 Å². The largest absolute Gasteiger partial charge is 0.416 e. The van der Waals surface area contributed by atoms with Crippen molar-refractivity contribution in [1.82, 2.24) is 10.1 Å². The fraction of sp³-hybridized carbons (Fsp3) is 0.200. The van der Waals surface area contributed by atoms with Gasteiger partial charge in [0.05, 0.1) is 5.56 Å². The number of nitrogen functional groups attached to an aromatic ring is 1. The Morgan fingerprint density at radius 1 is 1.24 bits per heavy atom. The van der Waals surface area contributed by atoms with Crippen molar-refractivity contribution in [2.24, 2.45) is 0 Å². The highest BCUT2D eigenvalue weighted by molar-refractivity contribution is 5.62. The van der Waals surface area contributed by atoms with Gasteiger partial charge in [-0.3, -0.25) is 0 Å². The second kappa shape index (κ2) is 3.76. The van der Waals surface area contributed by atoms with E-state index in [2.05, 4.69) is 10.1 Å². The molecule has 0 spiro atoms. The Hall–Kier alpha value is -2.05. The highest BCUT2D eigenvalue weighted by atomic mass is 19.4. The van der Waals surface area contributed by atoms with Gasteiger partial charge in [-0.1, -0.05) is 5.16 Å². The lowest BCUT2D eigenvalue weighted by molar-refractivity contribution is -0.137. The van der Waals surface area contributed by atoms with Gasteiger partial charge in [0.25, 0.3) is 5.89 Å². The lowest BCUT2D eigenvalue weighted by atomic mass is 10.1. The van der Waals surface area contributed by atoms with Crippen LogP contribution in [-0.2, 0) is 6.18 Å². The maximum atomic E-state index is 12.5. The topological polar surface area (TPSA) is 64.9 Å². The van der Waals surface area contributed by atoms with Gasteiger partial charge in [-0.2, -0.15) is 18.2 Å². The normalized spacial score (nSPS) is 11.8. The third-order valence-corrected chi connectivity index (χ3v) is 2.06. The minimum atomic E-state index is -4.46. The third-order valence-electron chi connectivity index (χ3n) is 2.06. The lowest BCUT2D eigenvalue weighted by Crippen LogP contribution is -2.06. The van der Waals surface area contributed by atoms with Crippen molar-refractivity contribution in [3.05, 3.63) is 29.6 Å². The van der Waals surface area contributed by atoms with Crippen molar-refractivity contribution >= 4 is 5.69 Å². The van der Waals surface area contributed by atoms with E-state index in [1.807, 2.05) is 0 Å². The molecule has 0 bridgehead atoms. The molecule has 2 N–H and O–H groups in total. The Kier molecular flexibility index (Phi) is 2.53. The molecule has 7 heteroatoms. The number of aryl methyl sites for hydroxylation is 1. The van der Waals surface area contributed by atoms with E-state index < -0.39 is 11.7 Å². The van der Waals surface area contributed by atoms with E-state index in [1.54, 1.807) is 6.92 Å². The van der Waals surface area contributed by atoms with Crippen LogP contribution in [0, 0.1) is 6.92 Å². The SMILES string of the molecule is Cc1noc(-c2cc(N)cc(C(F)(F)F)c2)n1. The molecule has 0 aliphatic heterocycles. The Labute approximate surface area is 94.2 Å². The van der Waals surface area contributed by atoms with E-state index >= 15 is 0 Å². The summed E-state index contributed by atoms with van der Waals surface area (Å²) in [5, 5.41) is 3.51. The fourth-order valence-electron chi connectivity index (χ4n) is 1.35. The smallest absolute Gasteiger partial charge is 0.399 e. The van der Waals surface area contributed by atoms with Crippen molar-refractivity contribution < 1.29 is 17.7 Å². The van der Waals surface area contributed by atoms with Crippen LogP contribution in [0.25, 0.3) is 11.5 Å². The maximum Gasteiger partial charge on any atom is 0.416 e. The van der Waals surface area contributed by atoms with Crippen LogP contribution in [0.15, 0.2) is 22.7 Å². The van der Waals surface area contributed by atoms with Crippen LogP contribution >= 0.6 is 0 Å². The standard InChI is InChI=1S/C10H8F3N3O/c1-5-15-9(17-16-5)6-2-7(10(11,12)13)4-8(14)3-6/h2-4H,14H2,1H3. The number of hydrogen-bond acceptors (Lipinski definition) is 4. The molecule has 90 valence electrons. The summed E-state index contributed by atoms with van der Waals surface area (Å²) in [5.74, 6) is 0.358. The predicted molar refractivity (Wildman–Crippen MR) is 53.9 cm³/mol. The number of nitrogens with two attached hydrogens (primary N) is 1. The molecule has 0 unspecified atom stereocenters. The first-order valence-corrected chi connectivity index (χ1v) is 4.65. The summed E-state index contributed by atoms with van der Waals surface area (Å²) in [6.45, 7) is 1.57. The van der Waals surface area contributed by atoms with Gasteiger partial charge >= 0.3 is 6.18 Å². The summed E-state index contributed by atoms with van der Waals surface area (Å²) >= 11 is 0. The number of nitrogens with zero attached hydrogens (tertiary/aromatic N) is 2. The predicted octanol–water partition coefficient (Wildman–Crippen LogP) is 2.65. The van der Waals surface area contributed by atoms with Crippen molar-refractivity contribution in [2.45, 2.75) is 13.1 Å². The number of aromatic nitrogens is 2. The van der Waals surface area contributed by atoms with Crippen molar-refractivity contribution in [3.63, 3.8) is 0 Å². The molecule has 4 nitrogen and oxygen atoms in total. The van der Waals surface area contributed by atoms with E-state index in [0.717, 1.165) is 12.1 Å². The zero-order chi connectivity index (χ0) is 12.6. The summed E-state index contributed by atoms with van der Waals surface area (Å²) in [4.78, 5) is 3.84. The molecule has 17 heavy (non-hydrogen) atoms. The second-order valence-electron chi connectivity index (χ2n) is 3.49. The average molecular weight is 243 g/mol. The van der Waals surface area contributed by atoms with E-state index in [4.69, 9.17) is 10.3 Å². The van der Waals surface area contributed by atoms with Gasteiger partial charge in [-0.05, 0) is 25.1 Å². The molecule has 0 fully saturated rings. The molecular formula is C10H8F3N3O. The molecule has 0 amide bonds. The van der Waals surface area contributed by atoms with Gasteiger partial charge in [0, 0.05) is 11.3 Å². The maximum absolute atomic E-state index is 12.5. The number of benzene rings is 1. The molecule has 0 aliphatic rings. The molecule has 0 saturated carbocycles. The quantitative estimate of drug-likeness (QED) is 0.782. The van der Waals surface area contributed by atoms with Crippen LogP contribution in [-0.4, -0.2) is 10.1 Å². The lowest BCUT2D eigenvalue weighted by Gasteiger charge is -2.08. The first-order valence-electron chi connectivity index (χ1n) is 4.65. The first-order chi connectivity index (χ1) is 7.86. The van der Waals surface area contributed by atoms with Crippen LogP contribution in [0.4, 0.5) is 18.9 Å². The molecule has 1 aromatic heterocycles. The van der Waals surface area contributed by atoms with Crippen molar-refractivity contribution in [1.29, 1.82) is 0 Å². The number of halogens is 3. The number of hydrogen-bond donors (Lipinski definition) is 1. The van der Waals surface area contributed by atoms with Gasteiger partial charge in [-0.15, -0.1) is 0 Å². The minimum Gasteiger partial charge on any atom is -0.399 e. The van der Waals surface area contributed by atoms with Gasteiger partial charge < -0.3 is 10.3 Å². The van der Waals surface area contributed by atoms with Crippen LogP contribution in [0.2, 0.25) is 0 Å². The van der Waals surface area contributed by atoms with Crippen molar-refractivity contribution in [3.8, 4) is 11.5 Å². The molecule has 2 aromatic rings. The monoisotopic (exact) mass is 243 g/mol. The zero-order valence-electron chi connectivity index (χ0n) is 8.75. The van der Waals surface area contributed by atoms with Crippen LogP contribution < -0.4 is 5.73 Å². The highest BCUT2D eigenvalue weighted by Crippen LogP contribution is 2.33.